The van der Waals surface area contributed by atoms with Crippen LogP contribution in [0.2, 0.25) is 0 Å². The van der Waals surface area contributed by atoms with E-state index in [1.807, 2.05) is 36.4 Å². The smallest absolute Gasteiger partial charge is 0.150 e. The zero-order chi connectivity index (χ0) is 39.9. The fraction of sp³-hybridized carbons (Fsp3) is 0.347. The molecule has 6 nitrogen and oxygen atoms in total. The van der Waals surface area contributed by atoms with Crippen LogP contribution in [0.15, 0.2) is 81.1 Å². The SMILES string of the molecule is CCC(C)c1cc(N=Nc2cc(C)c3c(C)cccc3c2O)c(C)c(Cc2c(C)c(N=Nc3cc(C)c4c(C)cccc4c3O)cc(C(C)CC)c2C)c1C. The van der Waals surface area contributed by atoms with Crippen molar-refractivity contribution in [2.75, 3.05) is 0 Å². The number of hydrogen-bond acceptors (Lipinski definition) is 6. The molecule has 55 heavy (non-hydrogen) atoms. The summed E-state index contributed by atoms with van der Waals surface area (Å²) >= 11 is 0. The molecule has 0 heterocycles. The van der Waals surface area contributed by atoms with Crippen molar-refractivity contribution in [1.82, 2.24) is 0 Å². The molecule has 6 heteroatoms. The Labute approximate surface area is 327 Å². The molecular weight excluding hydrogens is 677 g/mol. The lowest BCUT2D eigenvalue weighted by molar-refractivity contribution is 0.482. The van der Waals surface area contributed by atoms with Gasteiger partial charge in [-0.3, -0.25) is 0 Å². The lowest BCUT2D eigenvalue weighted by Crippen LogP contribution is -2.07. The van der Waals surface area contributed by atoms with Gasteiger partial charge in [0.1, 0.15) is 11.4 Å². The van der Waals surface area contributed by atoms with Gasteiger partial charge in [0.25, 0.3) is 0 Å². The van der Waals surface area contributed by atoms with Crippen LogP contribution in [0.1, 0.15) is 119 Å². The van der Waals surface area contributed by atoms with E-state index >= 15 is 0 Å². The Hall–Kier alpha value is -5.36. The molecule has 0 amide bonds. The molecule has 284 valence electrons. The van der Waals surface area contributed by atoms with Gasteiger partial charge in [0.15, 0.2) is 11.5 Å². The number of fused-ring (bicyclic) bond motifs is 2. The lowest BCUT2D eigenvalue weighted by atomic mass is 9.82. The summed E-state index contributed by atoms with van der Waals surface area (Å²) in [5, 5.41) is 45.4. The third-order valence-corrected chi connectivity index (χ3v) is 12.2. The predicted octanol–water partition coefficient (Wildman–Crippen LogP) is 15.3. The molecule has 0 spiro atoms. The van der Waals surface area contributed by atoms with Crippen LogP contribution in [0.25, 0.3) is 21.5 Å². The van der Waals surface area contributed by atoms with Crippen molar-refractivity contribution >= 4 is 44.3 Å². The fourth-order valence-electron chi connectivity index (χ4n) is 8.44. The number of aryl methyl sites for hydroxylation is 4. The molecule has 6 aromatic rings. The molecule has 6 aromatic carbocycles. The van der Waals surface area contributed by atoms with E-state index < -0.39 is 0 Å². The van der Waals surface area contributed by atoms with Crippen molar-refractivity contribution in [2.24, 2.45) is 20.5 Å². The van der Waals surface area contributed by atoms with Gasteiger partial charge in [-0.25, -0.2) is 0 Å². The van der Waals surface area contributed by atoms with Crippen molar-refractivity contribution in [3.63, 3.8) is 0 Å². The van der Waals surface area contributed by atoms with Crippen molar-refractivity contribution in [1.29, 1.82) is 0 Å². The summed E-state index contributed by atoms with van der Waals surface area (Å²) < 4.78 is 0. The molecule has 6 rings (SSSR count). The van der Waals surface area contributed by atoms with Crippen LogP contribution >= 0.6 is 0 Å². The molecule has 0 saturated carbocycles. The predicted molar refractivity (Wildman–Crippen MR) is 231 cm³/mol. The van der Waals surface area contributed by atoms with Gasteiger partial charge >= 0.3 is 0 Å². The highest BCUT2D eigenvalue weighted by Gasteiger charge is 2.22. The number of nitrogens with zero attached hydrogens (tertiary/aromatic N) is 4. The topological polar surface area (TPSA) is 89.9 Å². The number of rotatable bonds is 10. The number of aromatic hydroxyl groups is 2. The van der Waals surface area contributed by atoms with Crippen molar-refractivity contribution in [3.05, 3.63) is 127 Å². The Morgan fingerprint density at radius 1 is 0.473 bits per heavy atom. The second-order valence-electron chi connectivity index (χ2n) is 15.7. The van der Waals surface area contributed by atoms with Crippen LogP contribution in [0.4, 0.5) is 22.7 Å². The quantitative estimate of drug-likeness (QED) is 0.137. The minimum atomic E-state index is 0.150. The Bertz CT molecular complexity index is 2350. The van der Waals surface area contributed by atoms with E-state index in [2.05, 4.69) is 107 Å². The van der Waals surface area contributed by atoms with E-state index in [9.17, 15) is 10.2 Å². The van der Waals surface area contributed by atoms with Crippen LogP contribution < -0.4 is 0 Å². The van der Waals surface area contributed by atoms with E-state index in [1.165, 1.54) is 33.4 Å². The standard InChI is InChI=1S/C49H56N4O2/c1-13-26(3)38-24-42(50-52-44-21-30(7)46-28(5)17-15-19-36(46)48(44)54)34(11)40(32(38)9)23-41-33(10)39(27(4)14-2)25-43(35(41)12)51-53-45-22-31(8)47-29(6)18-16-20-37(47)49(45)55/h15-22,24-27,54-55H,13-14,23H2,1-12H3. The van der Waals surface area contributed by atoms with Crippen molar-refractivity contribution in [3.8, 4) is 11.5 Å². The highest BCUT2D eigenvalue weighted by molar-refractivity contribution is 5.97. The summed E-state index contributed by atoms with van der Waals surface area (Å²) in [6.45, 7) is 26.0. The summed E-state index contributed by atoms with van der Waals surface area (Å²) in [5.41, 5.74) is 16.6. The highest BCUT2D eigenvalue weighted by Crippen LogP contribution is 2.43. The summed E-state index contributed by atoms with van der Waals surface area (Å²) in [5.74, 6) is 0.953. The molecule has 0 radical (unpaired) electrons. The van der Waals surface area contributed by atoms with Gasteiger partial charge in [-0.2, -0.15) is 10.2 Å². The van der Waals surface area contributed by atoms with Gasteiger partial charge in [-0.15, -0.1) is 10.2 Å². The van der Waals surface area contributed by atoms with E-state index in [4.69, 9.17) is 20.5 Å². The second kappa shape index (κ2) is 15.8. The molecule has 0 aliphatic carbocycles. The molecule has 0 saturated heterocycles. The van der Waals surface area contributed by atoms with Crippen LogP contribution in [0, 0.1) is 55.4 Å². The molecule has 0 aliphatic heterocycles. The number of azo groups is 2. The molecule has 2 unspecified atom stereocenters. The zero-order valence-electron chi connectivity index (χ0n) is 34.7. The van der Waals surface area contributed by atoms with Crippen LogP contribution in [-0.4, -0.2) is 10.2 Å². The number of hydrogen-bond donors (Lipinski definition) is 2. The van der Waals surface area contributed by atoms with E-state index in [1.54, 1.807) is 0 Å². The summed E-state index contributed by atoms with van der Waals surface area (Å²) in [7, 11) is 0. The van der Waals surface area contributed by atoms with Gasteiger partial charge in [0.05, 0.1) is 11.4 Å². The van der Waals surface area contributed by atoms with Crippen molar-refractivity contribution in [2.45, 2.75) is 114 Å². The largest absolute Gasteiger partial charge is 0.505 e. The van der Waals surface area contributed by atoms with Gasteiger partial charge in [-0.1, -0.05) is 64.1 Å². The Morgan fingerprint density at radius 2 is 0.836 bits per heavy atom. The van der Waals surface area contributed by atoms with E-state index in [0.717, 1.165) is 79.1 Å². The van der Waals surface area contributed by atoms with Crippen LogP contribution in [0.3, 0.4) is 0 Å². The molecule has 2 atom stereocenters. The number of benzene rings is 6. The summed E-state index contributed by atoms with van der Waals surface area (Å²) in [6, 6.07) is 20.2. The first-order chi connectivity index (χ1) is 26.2. The minimum Gasteiger partial charge on any atom is -0.505 e. The average molecular weight is 733 g/mol. The number of phenols is 2. The van der Waals surface area contributed by atoms with Gasteiger partial charge < -0.3 is 10.2 Å². The molecule has 0 fully saturated rings. The van der Waals surface area contributed by atoms with Gasteiger partial charge in [0.2, 0.25) is 0 Å². The summed E-state index contributed by atoms with van der Waals surface area (Å²) in [4.78, 5) is 0. The first-order valence-corrected chi connectivity index (χ1v) is 19.7. The molecule has 0 bridgehead atoms. The van der Waals surface area contributed by atoms with Crippen LogP contribution in [-0.2, 0) is 6.42 Å². The zero-order valence-corrected chi connectivity index (χ0v) is 34.7. The van der Waals surface area contributed by atoms with Gasteiger partial charge in [0, 0.05) is 10.8 Å². The molecule has 2 N–H and O–H groups in total. The third kappa shape index (κ3) is 7.27. The minimum absolute atomic E-state index is 0.150. The first kappa shape index (κ1) is 39.3. The Morgan fingerprint density at radius 3 is 1.20 bits per heavy atom. The first-order valence-electron chi connectivity index (χ1n) is 19.7. The van der Waals surface area contributed by atoms with E-state index in [0.29, 0.717) is 29.6 Å². The van der Waals surface area contributed by atoms with Crippen LogP contribution in [0.5, 0.6) is 11.5 Å². The Kier molecular flexibility index (Phi) is 11.3. The second-order valence-corrected chi connectivity index (χ2v) is 15.7. The lowest BCUT2D eigenvalue weighted by Gasteiger charge is -2.24. The van der Waals surface area contributed by atoms with E-state index in [-0.39, 0.29) is 11.5 Å². The molecular formula is C49H56N4O2. The fourth-order valence-corrected chi connectivity index (χ4v) is 8.44. The highest BCUT2D eigenvalue weighted by atomic mass is 16.3. The Balaban J connectivity index is 1.48. The van der Waals surface area contributed by atoms with Gasteiger partial charge in [-0.05, 0) is 188 Å². The normalized spacial score (nSPS) is 13.2. The third-order valence-electron chi connectivity index (χ3n) is 12.2. The maximum absolute atomic E-state index is 11.3. The number of phenolic OH excluding ortho intramolecular Hbond substituents is 2. The maximum atomic E-state index is 11.3. The average Bonchev–Trinajstić information content (AvgIpc) is 3.16. The maximum Gasteiger partial charge on any atom is 0.150 e. The molecule has 0 aromatic heterocycles. The summed E-state index contributed by atoms with van der Waals surface area (Å²) in [6.07, 6.45) is 2.70. The van der Waals surface area contributed by atoms with Crippen molar-refractivity contribution < 1.29 is 10.2 Å². The monoisotopic (exact) mass is 732 g/mol. The molecule has 0 aliphatic rings.